The fourth-order valence-corrected chi connectivity index (χ4v) is 0.928. The van der Waals surface area contributed by atoms with Gasteiger partial charge in [0.15, 0.2) is 0 Å². The van der Waals surface area contributed by atoms with Crippen LogP contribution in [0.4, 0.5) is 0 Å². The van der Waals surface area contributed by atoms with Crippen molar-refractivity contribution in [2.24, 2.45) is 0 Å². The van der Waals surface area contributed by atoms with Crippen LogP contribution in [0.5, 0.6) is 11.5 Å². The lowest BCUT2D eigenvalue weighted by atomic mass is 10.2. The van der Waals surface area contributed by atoms with Crippen molar-refractivity contribution >= 4 is 0 Å². The quantitative estimate of drug-likeness (QED) is 0.561. The highest BCUT2D eigenvalue weighted by molar-refractivity contribution is 5.42. The van der Waals surface area contributed by atoms with Crippen LogP contribution in [0.3, 0.4) is 0 Å². The Labute approximate surface area is 52.7 Å². The van der Waals surface area contributed by atoms with E-state index in [1.807, 2.05) is 6.07 Å². The minimum Gasteiger partial charge on any atom is -0.508 e. The van der Waals surface area contributed by atoms with Crippen molar-refractivity contribution in [1.29, 1.82) is 0 Å². The summed E-state index contributed by atoms with van der Waals surface area (Å²) in [7, 11) is 0. The van der Waals surface area contributed by atoms with Gasteiger partial charge in [0, 0.05) is 5.56 Å². The molecule has 0 unspecified atom stereocenters. The van der Waals surface area contributed by atoms with E-state index in [9.17, 15) is 0 Å². The third kappa shape index (κ3) is 0.560. The Hall–Kier alpha value is -1.18. The number of hydrogen-bond acceptors (Lipinski definition) is 2. The van der Waals surface area contributed by atoms with Crippen LogP contribution in [0.2, 0.25) is 0 Å². The second-order valence-electron chi connectivity index (χ2n) is 2.08. The van der Waals surface area contributed by atoms with E-state index < -0.39 is 0 Å². The second-order valence-corrected chi connectivity index (χ2v) is 2.08. The number of ether oxygens (including phenoxy) is 1. The lowest BCUT2D eigenvalue weighted by Gasteiger charge is -1.89. The molecule has 0 spiro atoms. The third-order valence-corrected chi connectivity index (χ3v) is 1.45. The molecule has 0 aliphatic carbocycles. The Kier molecular flexibility index (Phi) is 0.730. The molecule has 1 aliphatic heterocycles. The molecule has 0 aromatic heterocycles. The number of rotatable bonds is 0. The van der Waals surface area contributed by atoms with Crippen LogP contribution in [0.1, 0.15) is 5.56 Å². The van der Waals surface area contributed by atoms with Gasteiger partial charge in [-0.15, -0.1) is 0 Å². The zero-order chi connectivity index (χ0) is 6.27. The van der Waals surface area contributed by atoms with Crippen molar-refractivity contribution in [3.05, 3.63) is 23.8 Å². The van der Waals surface area contributed by atoms with Crippen molar-refractivity contribution in [1.82, 2.24) is 0 Å². The first-order valence-electron chi connectivity index (χ1n) is 2.81. The van der Waals surface area contributed by atoms with Gasteiger partial charge >= 0.3 is 0 Å². The van der Waals surface area contributed by atoms with Crippen LogP contribution in [0.15, 0.2) is 18.2 Å². The molecule has 1 aliphatic rings. The molecule has 2 heteroatoms. The van der Waals surface area contributed by atoms with Crippen LogP contribution >= 0.6 is 0 Å². The van der Waals surface area contributed by atoms with E-state index in [0.29, 0.717) is 12.4 Å². The van der Waals surface area contributed by atoms with Crippen molar-refractivity contribution < 1.29 is 9.84 Å². The van der Waals surface area contributed by atoms with Crippen LogP contribution in [-0.4, -0.2) is 5.11 Å². The smallest absolute Gasteiger partial charge is 0.122 e. The summed E-state index contributed by atoms with van der Waals surface area (Å²) >= 11 is 0. The van der Waals surface area contributed by atoms with E-state index in [0.717, 1.165) is 11.3 Å². The molecule has 0 saturated heterocycles. The SMILES string of the molecule is Oc1ccc2cc1CO2. The normalized spacial score (nSPS) is 13.3. The molecule has 0 fully saturated rings. The highest BCUT2D eigenvalue weighted by atomic mass is 16.5. The average Bonchev–Trinajstić information content (AvgIpc) is 2.25. The van der Waals surface area contributed by atoms with Crippen LogP contribution < -0.4 is 4.74 Å². The fourth-order valence-electron chi connectivity index (χ4n) is 0.928. The van der Waals surface area contributed by atoms with Crippen molar-refractivity contribution in [3.8, 4) is 11.5 Å². The third-order valence-electron chi connectivity index (χ3n) is 1.45. The van der Waals surface area contributed by atoms with Crippen molar-refractivity contribution in [3.63, 3.8) is 0 Å². The summed E-state index contributed by atoms with van der Waals surface area (Å²) in [5.41, 5.74) is 0.882. The van der Waals surface area contributed by atoms with Gasteiger partial charge < -0.3 is 9.84 Å². The standard InChI is InChI=1S/C7H6O2/c8-7-2-1-6-3-5(7)4-9-6/h1-3,8H,4H2. The minimum atomic E-state index is 0.330. The molecule has 0 atom stereocenters. The van der Waals surface area contributed by atoms with Crippen LogP contribution in [0.25, 0.3) is 0 Å². The number of aromatic hydroxyl groups is 1. The molecule has 1 aromatic rings. The molecular formula is C7H6O2. The van der Waals surface area contributed by atoms with Gasteiger partial charge in [0.2, 0.25) is 0 Å². The summed E-state index contributed by atoms with van der Waals surface area (Å²) in [6.45, 7) is 0.522. The first-order valence-corrected chi connectivity index (χ1v) is 2.81. The molecule has 2 nitrogen and oxygen atoms in total. The highest BCUT2D eigenvalue weighted by Gasteiger charge is 2.10. The summed E-state index contributed by atoms with van der Waals surface area (Å²) in [6, 6.07) is 5.25. The lowest BCUT2D eigenvalue weighted by molar-refractivity contribution is 0.323. The zero-order valence-electron chi connectivity index (χ0n) is 4.79. The number of phenols is 1. The summed E-state index contributed by atoms with van der Waals surface area (Å²) in [5.74, 6) is 1.18. The molecule has 2 rings (SSSR count). The minimum absolute atomic E-state index is 0.330. The fraction of sp³-hybridized carbons (Fsp3) is 0.143. The Bertz CT molecular complexity index is 243. The van der Waals surface area contributed by atoms with Gasteiger partial charge in [-0.1, -0.05) is 0 Å². The van der Waals surface area contributed by atoms with E-state index in [1.165, 1.54) is 0 Å². The summed E-state index contributed by atoms with van der Waals surface area (Å²) in [4.78, 5) is 0. The molecular weight excluding hydrogens is 116 g/mol. The molecule has 0 saturated carbocycles. The molecule has 0 radical (unpaired) electrons. The van der Waals surface area contributed by atoms with Gasteiger partial charge in [-0.2, -0.15) is 0 Å². The largest absolute Gasteiger partial charge is 0.508 e. The Morgan fingerprint density at radius 1 is 1.44 bits per heavy atom. The molecule has 9 heavy (non-hydrogen) atoms. The summed E-state index contributed by atoms with van der Waals surface area (Å²) in [5, 5.41) is 9.06. The molecule has 1 heterocycles. The molecule has 46 valence electrons. The number of fused-ring (bicyclic) bond motifs is 2. The van der Waals surface area contributed by atoms with E-state index in [2.05, 4.69) is 0 Å². The van der Waals surface area contributed by atoms with E-state index in [-0.39, 0.29) is 0 Å². The van der Waals surface area contributed by atoms with E-state index in [4.69, 9.17) is 9.84 Å². The number of benzene rings is 1. The molecule has 2 bridgehead atoms. The van der Waals surface area contributed by atoms with Gasteiger partial charge in [0.1, 0.15) is 18.1 Å². The predicted molar refractivity (Wildman–Crippen MR) is 32.4 cm³/mol. The molecule has 1 N–H and O–H groups in total. The Balaban J connectivity index is 2.65. The van der Waals surface area contributed by atoms with Gasteiger partial charge in [-0.25, -0.2) is 0 Å². The maximum Gasteiger partial charge on any atom is 0.122 e. The first-order chi connectivity index (χ1) is 4.36. The van der Waals surface area contributed by atoms with Gasteiger partial charge in [-0.3, -0.25) is 0 Å². The Morgan fingerprint density at radius 3 is 3.11 bits per heavy atom. The Morgan fingerprint density at radius 2 is 2.33 bits per heavy atom. The van der Waals surface area contributed by atoms with Crippen LogP contribution in [0, 0.1) is 0 Å². The zero-order valence-corrected chi connectivity index (χ0v) is 4.79. The van der Waals surface area contributed by atoms with Crippen LogP contribution in [-0.2, 0) is 6.61 Å². The van der Waals surface area contributed by atoms with Crippen molar-refractivity contribution in [2.45, 2.75) is 6.61 Å². The monoisotopic (exact) mass is 122 g/mol. The summed E-state index contributed by atoms with van der Waals surface area (Å²) < 4.78 is 5.10. The van der Waals surface area contributed by atoms with E-state index >= 15 is 0 Å². The first kappa shape index (κ1) is 4.68. The summed E-state index contributed by atoms with van der Waals surface area (Å²) in [6.07, 6.45) is 0. The van der Waals surface area contributed by atoms with Gasteiger partial charge in [-0.05, 0) is 18.2 Å². The topological polar surface area (TPSA) is 29.5 Å². The van der Waals surface area contributed by atoms with E-state index in [1.54, 1.807) is 12.1 Å². The molecule has 0 amide bonds. The van der Waals surface area contributed by atoms with Gasteiger partial charge in [0.25, 0.3) is 0 Å². The second kappa shape index (κ2) is 1.41. The molecule has 1 aromatic carbocycles. The average molecular weight is 122 g/mol. The number of phenolic OH excluding ortho intramolecular Hbond substituents is 1. The maximum atomic E-state index is 9.06. The maximum absolute atomic E-state index is 9.06. The lowest BCUT2D eigenvalue weighted by Crippen LogP contribution is -1.82. The number of hydrogen-bond donors (Lipinski definition) is 1. The van der Waals surface area contributed by atoms with Gasteiger partial charge in [0.05, 0.1) is 0 Å². The predicted octanol–water partition coefficient (Wildman–Crippen LogP) is 1.28. The van der Waals surface area contributed by atoms with Crippen molar-refractivity contribution in [2.75, 3.05) is 0 Å². The highest BCUT2D eigenvalue weighted by Crippen LogP contribution is 2.29.